The SMILES string of the molecule is Cc1ncsc1CN(C)C(C)(CN)Cc1cccc(F)c1. The van der Waals surface area contributed by atoms with E-state index in [-0.39, 0.29) is 11.4 Å². The fourth-order valence-corrected chi connectivity index (χ4v) is 3.16. The first-order valence-electron chi connectivity index (χ1n) is 6.99. The van der Waals surface area contributed by atoms with Crippen molar-refractivity contribution >= 4 is 11.3 Å². The zero-order chi connectivity index (χ0) is 15.5. The third kappa shape index (κ3) is 3.87. The molecule has 3 nitrogen and oxygen atoms in total. The van der Waals surface area contributed by atoms with Gasteiger partial charge < -0.3 is 5.73 Å². The van der Waals surface area contributed by atoms with Crippen LogP contribution in [0, 0.1) is 12.7 Å². The molecule has 2 aromatic rings. The monoisotopic (exact) mass is 307 g/mol. The van der Waals surface area contributed by atoms with Crippen LogP contribution in [0.1, 0.15) is 23.1 Å². The molecule has 0 aliphatic heterocycles. The van der Waals surface area contributed by atoms with Crippen molar-refractivity contribution in [3.8, 4) is 0 Å². The van der Waals surface area contributed by atoms with Gasteiger partial charge in [-0.2, -0.15) is 0 Å². The smallest absolute Gasteiger partial charge is 0.123 e. The molecule has 0 radical (unpaired) electrons. The van der Waals surface area contributed by atoms with Crippen LogP contribution in [0.5, 0.6) is 0 Å². The standard InChI is InChI=1S/C16H22FN3S/c1-12-15(21-11-19-12)9-20(3)16(2,10-18)8-13-5-4-6-14(17)7-13/h4-7,11H,8-10,18H2,1-3H3. The lowest BCUT2D eigenvalue weighted by Crippen LogP contribution is -2.50. The highest BCUT2D eigenvalue weighted by Gasteiger charge is 2.28. The Morgan fingerprint density at radius 1 is 1.43 bits per heavy atom. The van der Waals surface area contributed by atoms with E-state index < -0.39 is 0 Å². The van der Waals surface area contributed by atoms with Crippen molar-refractivity contribution in [2.45, 2.75) is 32.4 Å². The van der Waals surface area contributed by atoms with Gasteiger partial charge in [0.2, 0.25) is 0 Å². The molecule has 0 saturated heterocycles. The molecule has 21 heavy (non-hydrogen) atoms. The number of nitrogens with two attached hydrogens (primary N) is 1. The highest BCUT2D eigenvalue weighted by Crippen LogP contribution is 2.23. The lowest BCUT2D eigenvalue weighted by atomic mass is 9.91. The van der Waals surface area contributed by atoms with E-state index in [4.69, 9.17) is 5.73 Å². The first kappa shape index (κ1) is 16.1. The Morgan fingerprint density at radius 3 is 2.76 bits per heavy atom. The number of likely N-dealkylation sites (N-methyl/N-ethyl adjacent to an activating group) is 1. The summed E-state index contributed by atoms with van der Waals surface area (Å²) in [5.74, 6) is -0.201. The summed E-state index contributed by atoms with van der Waals surface area (Å²) in [4.78, 5) is 7.77. The number of halogens is 1. The quantitative estimate of drug-likeness (QED) is 0.892. The Bertz CT molecular complexity index is 599. The predicted molar refractivity (Wildman–Crippen MR) is 85.9 cm³/mol. The number of hydrogen-bond donors (Lipinski definition) is 1. The normalized spacial score (nSPS) is 14.4. The lowest BCUT2D eigenvalue weighted by molar-refractivity contribution is 0.137. The maximum Gasteiger partial charge on any atom is 0.123 e. The van der Waals surface area contributed by atoms with E-state index in [1.807, 2.05) is 18.5 Å². The summed E-state index contributed by atoms with van der Waals surface area (Å²) in [5.41, 5.74) is 9.70. The number of rotatable bonds is 6. The molecule has 2 N–H and O–H groups in total. The van der Waals surface area contributed by atoms with Crippen LogP contribution >= 0.6 is 11.3 Å². The molecule has 1 unspecified atom stereocenters. The molecule has 0 aliphatic rings. The lowest BCUT2D eigenvalue weighted by Gasteiger charge is -2.38. The van der Waals surface area contributed by atoms with Crippen LogP contribution in [-0.4, -0.2) is 29.0 Å². The van der Waals surface area contributed by atoms with Crippen molar-refractivity contribution < 1.29 is 4.39 Å². The Kier molecular flexibility index (Phi) is 5.08. The van der Waals surface area contributed by atoms with Gasteiger partial charge in [-0.3, -0.25) is 4.90 Å². The minimum atomic E-state index is -0.218. The van der Waals surface area contributed by atoms with E-state index in [1.165, 1.54) is 10.9 Å². The maximum atomic E-state index is 13.4. The number of nitrogens with zero attached hydrogens (tertiary/aromatic N) is 2. The molecule has 1 aromatic carbocycles. The number of thiazole rings is 1. The second-order valence-electron chi connectivity index (χ2n) is 5.72. The molecule has 2 rings (SSSR count). The molecular formula is C16H22FN3S. The van der Waals surface area contributed by atoms with Crippen LogP contribution in [0.3, 0.4) is 0 Å². The van der Waals surface area contributed by atoms with Gasteiger partial charge >= 0.3 is 0 Å². The fraction of sp³-hybridized carbons (Fsp3) is 0.438. The number of benzene rings is 1. The van der Waals surface area contributed by atoms with Gasteiger partial charge in [-0.05, 0) is 45.0 Å². The van der Waals surface area contributed by atoms with Crippen molar-refractivity contribution in [3.05, 3.63) is 51.7 Å². The molecule has 1 atom stereocenters. The van der Waals surface area contributed by atoms with E-state index >= 15 is 0 Å². The van der Waals surface area contributed by atoms with Crippen molar-refractivity contribution in [2.75, 3.05) is 13.6 Å². The van der Waals surface area contributed by atoms with E-state index in [9.17, 15) is 4.39 Å². The Hall–Kier alpha value is -1.30. The van der Waals surface area contributed by atoms with E-state index in [0.717, 1.165) is 24.2 Å². The minimum Gasteiger partial charge on any atom is -0.329 e. The molecule has 0 saturated carbocycles. The van der Waals surface area contributed by atoms with Crippen molar-refractivity contribution in [3.63, 3.8) is 0 Å². The summed E-state index contributed by atoms with van der Waals surface area (Å²) in [5, 5.41) is 0. The minimum absolute atomic E-state index is 0.201. The van der Waals surface area contributed by atoms with Crippen molar-refractivity contribution in [2.24, 2.45) is 5.73 Å². The molecule has 0 fully saturated rings. The van der Waals surface area contributed by atoms with Crippen LogP contribution in [0.25, 0.3) is 0 Å². The van der Waals surface area contributed by atoms with Crippen LogP contribution in [0.2, 0.25) is 0 Å². The first-order chi connectivity index (χ1) is 9.94. The number of aromatic nitrogens is 1. The molecule has 5 heteroatoms. The summed E-state index contributed by atoms with van der Waals surface area (Å²) in [6.45, 7) is 5.46. The van der Waals surface area contributed by atoms with Gasteiger partial charge in [-0.15, -0.1) is 11.3 Å². The highest BCUT2D eigenvalue weighted by molar-refractivity contribution is 7.09. The molecule has 0 amide bonds. The first-order valence-corrected chi connectivity index (χ1v) is 7.87. The van der Waals surface area contributed by atoms with Gasteiger partial charge in [0.1, 0.15) is 5.82 Å². The molecule has 0 spiro atoms. The Balaban J connectivity index is 2.14. The summed E-state index contributed by atoms with van der Waals surface area (Å²) in [6.07, 6.45) is 0.718. The zero-order valence-electron chi connectivity index (χ0n) is 12.8. The average molecular weight is 307 g/mol. The number of hydrogen-bond acceptors (Lipinski definition) is 4. The Labute approximate surface area is 129 Å². The largest absolute Gasteiger partial charge is 0.329 e. The summed E-state index contributed by atoms with van der Waals surface area (Å²) >= 11 is 1.66. The van der Waals surface area contributed by atoms with Gasteiger partial charge in [-0.25, -0.2) is 9.37 Å². The third-order valence-corrected chi connectivity index (χ3v) is 4.98. The van der Waals surface area contributed by atoms with Crippen molar-refractivity contribution in [1.29, 1.82) is 0 Å². The fourth-order valence-electron chi connectivity index (χ4n) is 2.33. The summed E-state index contributed by atoms with van der Waals surface area (Å²) in [7, 11) is 2.06. The van der Waals surface area contributed by atoms with Crippen molar-refractivity contribution in [1.82, 2.24) is 9.88 Å². The molecular weight excluding hydrogens is 285 g/mol. The molecule has 0 aliphatic carbocycles. The zero-order valence-corrected chi connectivity index (χ0v) is 13.6. The van der Waals surface area contributed by atoms with Gasteiger partial charge in [0.25, 0.3) is 0 Å². The van der Waals surface area contributed by atoms with Gasteiger partial charge in [0, 0.05) is 23.5 Å². The molecule has 114 valence electrons. The van der Waals surface area contributed by atoms with E-state index in [1.54, 1.807) is 23.5 Å². The van der Waals surface area contributed by atoms with E-state index in [0.29, 0.717) is 6.54 Å². The summed E-state index contributed by atoms with van der Waals surface area (Å²) < 4.78 is 13.4. The second-order valence-corrected chi connectivity index (χ2v) is 6.66. The second kappa shape index (κ2) is 6.64. The third-order valence-electron chi connectivity index (χ3n) is 4.06. The topological polar surface area (TPSA) is 42.2 Å². The highest BCUT2D eigenvalue weighted by atomic mass is 32.1. The molecule has 1 heterocycles. The van der Waals surface area contributed by atoms with Gasteiger partial charge in [-0.1, -0.05) is 12.1 Å². The Morgan fingerprint density at radius 2 is 2.19 bits per heavy atom. The maximum absolute atomic E-state index is 13.4. The average Bonchev–Trinajstić information content (AvgIpc) is 2.84. The van der Waals surface area contributed by atoms with Gasteiger partial charge in [0.05, 0.1) is 11.2 Å². The van der Waals surface area contributed by atoms with Crippen LogP contribution in [0.15, 0.2) is 29.8 Å². The number of aryl methyl sites for hydroxylation is 1. The van der Waals surface area contributed by atoms with Crippen LogP contribution in [0.4, 0.5) is 4.39 Å². The molecule has 1 aromatic heterocycles. The van der Waals surface area contributed by atoms with E-state index in [2.05, 4.69) is 23.9 Å². The predicted octanol–water partition coefficient (Wildman–Crippen LogP) is 2.98. The van der Waals surface area contributed by atoms with Crippen LogP contribution in [-0.2, 0) is 13.0 Å². The van der Waals surface area contributed by atoms with Crippen LogP contribution < -0.4 is 5.73 Å². The summed E-state index contributed by atoms with van der Waals surface area (Å²) in [6, 6.07) is 6.74. The molecule has 0 bridgehead atoms. The van der Waals surface area contributed by atoms with Gasteiger partial charge in [0.15, 0.2) is 0 Å².